The zero-order valence-electron chi connectivity index (χ0n) is 18.9. The molecule has 0 aromatic rings. The van der Waals surface area contributed by atoms with Crippen molar-refractivity contribution in [3.63, 3.8) is 0 Å². The van der Waals surface area contributed by atoms with Crippen molar-refractivity contribution in [2.75, 3.05) is 0 Å². The molecule has 0 aromatic heterocycles. The van der Waals surface area contributed by atoms with E-state index in [0.29, 0.717) is 19.3 Å². The molecule has 0 aliphatic carbocycles. The molecule has 0 unspecified atom stereocenters. The fourth-order valence-electron chi connectivity index (χ4n) is 2.81. The quantitative estimate of drug-likeness (QED) is 0.199. The lowest BCUT2D eigenvalue weighted by atomic mass is 10.1. The summed E-state index contributed by atoms with van der Waals surface area (Å²) in [5.41, 5.74) is 0. The Kier molecular flexibility index (Phi) is 23.2. The van der Waals surface area contributed by atoms with Gasteiger partial charge in [-0.3, -0.25) is 14.4 Å². The number of carboxylic acid groups (broad SMARTS) is 2. The second-order valence-electron chi connectivity index (χ2n) is 7.82. The number of unbranched alkanes of at least 4 members (excludes halogenated alkanes) is 11. The van der Waals surface area contributed by atoms with Gasteiger partial charge in [0.1, 0.15) is 0 Å². The lowest BCUT2D eigenvalue weighted by molar-refractivity contribution is -0.147. The maximum absolute atomic E-state index is 11.3. The molecular formula is C23H44O6. The van der Waals surface area contributed by atoms with E-state index in [0.717, 1.165) is 6.42 Å². The molecule has 6 heteroatoms. The largest absolute Gasteiger partial charge is 0.481 e. The summed E-state index contributed by atoms with van der Waals surface area (Å²) in [6, 6.07) is 0. The van der Waals surface area contributed by atoms with Crippen LogP contribution in [0.2, 0.25) is 0 Å². The van der Waals surface area contributed by atoms with Crippen LogP contribution < -0.4 is 0 Å². The molecular weight excluding hydrogens is 372 g/mol. The van der Waals surface area contributed by atoms with Gasteiger partial charge in [-0.15, -0.1) is 0 Å². The summed E-state index contributed by atoms with van der Waals surface area (Å²) in [4.78, 5) is 31.1. The third kappa shape index (κ3) is 31.3. The maximum atomic E-state index is 11.3. The van der Waals surface area contributed by atoms with Gasteiger partial charge in [-0.25, -0.2) is 0 Å². The average Bonchev–Trinajstić information content (AvgIpc) is 2.63. The molecule has 0 saturated carbocycles. The first-order valence-electron chi connectivity index (χ1n) is 11.4. The number of rotatable bonds is 18. The zero-order valence-corrected chi connectivity index (χ0v) is 18.9. The maximum Gasteiger partial charge on any atom is 0.306 e. The van der Waals surface area contributed by atoms with Crippen molar-refractivity contribution in [1.82, 2.24) is 0 Å². The van der Waals surface area contributed by atoms with Crippen LogP contribution in [0.5, 0.6) is 0 Å². The van der Waals surface area contributed by atoms with Crippen LogP contribution in [0, 0.1) is 0 Å². The van der Waals surface area contributed by atoms with E-state index in [4.69, 9.17) is 14.9 Å². The Balaban J connectivity index is 0. The van der Waals surface area contributed by atoms with Gasteiger partial charge in [-0.2, -0.15) is 0 Å². The van der Waals surface area contributed by atoms with Gasteiger partial charge in [0, 0.05) is 19.3 Å². The number of carbonyl (C=O) groups excluding carboxylic acids is 1. The van der Waals surface area contributed by atoms with E-state index >= 15 is 0 Å². The Morgan fingerprint density at radius 3 is 1.31 bits per heavy atom. The molecule has 0 heterocycles. The number of ether oxygens (including phenoxy) is 1. The summed E-state index contributed by atoms with van der Waals surface area (Å²) in [5, 5.41) is 16.3. The number of aliphatic carboxylic acids is 2. The molecule has 6 nitrogen and oxygen atoms in total. The number of esters is 1. The Morgan fingerprint density at radius 1 is 0.621 bits per heavy atom. The molecule has 0 saturated heterocycles. The average molecular weight is 417 g/mol. The Morgan fingerprint density at radius 2 is 0.966 bits per heavy atom. The summed E-state index contributed by atoms with van der Waals surface area (Å²) < 4.78 is 5.10. The lowest BCUT2D eigenvalue weighted by Gasteiger charge is -2.07. The predicted molar refractivity (Wildman–Crippen MR) is 116 cm³/mol. The summed E-state index contributed by atoms with van der Waals surface area (Å²) in [6.07, 6.45) is 16.1. The van der Waals surface area contributed by atoms with Crippen LogP contribution in [0.25, 0.3) is 0 Å². The van der Waals surface area contributed by atoms with Gasteiger partial charge in [0.05, 0.1) is 6.10 Å². The molecule has 0 bridgehead atoms. The first-order valence-corrected chi connectivity index (χ1v) is 11.4. The van der Waals surface area contributed by atoms with Crippen molar-refractivity contribution >= 4 is 17.9 Å². The van der Waals surface area contributed by atoms with E-state index in [2.05, 4.69) is 6.92 Å². The summed E-state index contributed by atoms with van der Waals surface area (Å²) >= 11 is 0. The van der Waals surface area contributed by atoms with Crippen LogP contribution in [-0.2, 0) is 19.1 Å². The Labute approximate surface area is 177 Å². The number of carbonyl (C=O) groups is 3. The van der Waals surface area contributed by atoms with Gasteiger partial charge in [-0.1, -0.05) is 71.1 Å². The first kappa shape index (κ1) is 29.6. The third-order valence-corrected chi connectivity index (χ3v) is 4.38. The van der Waals surface area contributed by atoms with Crippen LogP contribution in [0.3, 0.4) is 0 Å². The van der Waals surface area contributed by atoms with Crippen molar-refractivity contribution < 1.29 is 29.3 Å². The van der Waals surface area contributed by atoms with Gasteiger partial charge in [-0.05, 0) is 33.1 Å². The van der Waals surface area contributed by atoms with Crippen molar-refractivity contribution in [2.24, 2.45) is 0 Å². The summed E-state index contributed by atoms with van der Waals surface area (Å²) in [5.74, 6) is -1.78. The smallest absolute Gasteiger partial charge is 0.306 e. The molecule has 0 aromatic carbocycles. The van der Waals surface area contributed by atoms with Gasteiger partial charge in [0.2, 0.25) is 0 Å². The van der Waals surface area contributed by atoms with E-state index in [9.17, 15) is 14.4 Å². The molecule has 0 rings (SSSR count). The van der Waals surface area contributed by atoms with Crippen LogP contribution in [0.1, 0.15) is 124 Å². The predicted octanol–water partition coefficient (Wildman–Crippen LogP) is 6.36. The van der Waals surface area contributed by atoms with Gasteiger partial charge < -0.3 is 14.9 Å². The van der Waals surface area contributed by atoms with Gasteiger partial charge in [0.15, 0.2) is 0 Å². The number of hydrogen-bond acceptors (Lipinski definition) is 4. The van der Waals surface area contributed by atoms with E-state index in [1.54, 1.807) is 0 Å². The second kappa shape index (κ2) is 22.7. The molecule has 0 fully saturated rings. The van der Waals surface area contributed by atoms with Gasteiger partial charge >= 0.3 is 17.9 Å². The standard InChI is InChI=1S/C17H34O2.C6H10O4/c1-4-5-6-7-8-9-10-11-12-13-14-15-17(18)19-16(2)3;7-5(8)3-1-2-4-6(9)10/h16H,4-15H2,1-3H3;1-4H2,(H,7,8)(H,9,10). The fourth-order valence-corrected chi connectivity index (χ4v) is 2.81. The molecule has 2 N–H and O–H groups in total. The van der Waals surface area contributed by atoms with Crippen LogP contribution in [0.4, 0.5) is 0 Å². The van der Waals surface area contributed by atoms with E-state index < -0.39 is 11.9 Å². The third-order valence-electron chi connectivity index (χ3n) is 4.38. The van der Waals surface area contributed by atoms with Crippen molar-refractivity contribution in [2.45, 2.75) is 130 Å². The molecule has 0 aliphatic rings. The highest BCUT2D eigenvalue weighted by Crippen LogP contribution is 2.12. The second-order valence-corrected chi connectivity index (χ2v) is 7.82. The van der Waals surface area contributed by atoms with E-state index in [1.807, 2.05) is 13.8 Å². The van der Waals surface area contributed by atoms with E-state index in [-0.39, 0.29) is 24.9 Å². The molecule has 0 aliphatic heterocycles. The normalized spacial score (nSPS) is 10.3. The molecule has 0 amide bonds. The molecule has 0 spiro atoms. The SMILES string of the molecule is CCCCCCCCCCCCCC(=O)OC(C)C.O=C(O)CCCCC(=O)O. The lowest BCUT2D eigenvalue weighted by Crippen LogP contribution is -2.10. The van der Waals surface area contributed by atoms with Crippen molar-refractivity contribution in [3.8, 4) is 0 Å². The number of hydrogen-bond donors (Lipinski definition) is 2. The van der Waals surface area contributed by atoms with Crippen molar-refractivity contribution in [1.29, 1.82) is 0 Å². The van der Waals surface area contributed by atoms with E-state index in [1.165, 1.54) is 64.2 Å². The zero-order chi connectivity index (χ0) is 22.3. The molecule has 0 radical (unpaired) electrons. The number of carboxylic acids is 2. The molecule has 0 atom stereocenters. The molecule has 29 heavy (non-hydrogen) atoms. The Bertz CT molecular complexity index is 390. The highest BCUT2D eigenvalue weighted by Gasteiger charge is 2.04. The van der Waals surface area contributed by atoms with Crippen molar-refractivity contribution in [3.05, 3.63) is 0 Å². The topological polar surface area (TPSA) is 101 Å². The Hall–Kier alpha value is -1.59. The highest BCUT2D eigenvalue weighted by atomic mass is 16.5. The highest BCUT2D eigenvalue weighted by molar-refractivity contribution is 5.69. The van der Waals surface area contributed by atoms with Crippen LogP contribution in [0.15, 0.2) is 0 Å². The fraction of sp³-hybridized carbons (Fsp3) is 0.870. The first-order chi connectivity index (χ1) is 13.8. The minimum atomic E-state index is -0.870. The van der Waals surface area contributed by atoms with Gasteiger partial charge in [0.25, 0.3) is 0 Å². The minimum absolute atomic E-state index is 0.0280. The monoisotopic (exact) mass is 416 g/mol. The molecule has 172 valence electrons. The van der Waals surface area contributed by atoms with Crippen LogP contribution >= 0.6 is 0 Å². The minimum Gasteiger partial charge on any atom is -0.481 e. The summed E-state index contributed by atoms with van der Waals surface area (Å²) in [7, 11) is 0. The van der Waals surface area contributed by atoms with Crippen LogP contribution in [-0.4, -0.2) is 34.2 Å². The summed E-state index contributed by atoms with van der Waals surface area (Å²) in [6.45, 7) is 6.06.